The zero-order valence-corrected chi connectivity index (χ0v) is 28.4. The molecular formula is C48H33N3. The van der Waals surface area contributed by atoms with E-state index in [1.54, 1.807) is 0 Å². The molecule has 1 aliphatic rings. The Hall–Kier alpha value is -6.45. The maximum Gasteiger partial charge on any atom is 0.164 e. The van der Waals surface area contributed by atoms with Crippen LogP contribution in [-0.2, 0) is 5.41 Å². The molecule has 0 fully saturated rings. The van der Waals surface area contributed by atoms with Gasteiger partial charge in [-0.25, -0.2) is 15.0 Å². The number of fused-ring (bicyclic) bond motifs is 9. The van der Waals surface area contributed by atoms with E-state index in [4.69, 9.17) is 15.0 Å². The van der Waals surface area contributed by atoms with E-state index in [0.29, 0.717) is 17.5 Å². The van der Waals surface area contributed by atoms with Crippen molar-refractivity contribution in [3.63, 3.8) is 0 Å². The smallest absolute Gasteiger partial charge is 0.164 e. The molecule has 8 aromatic carbocycles. The monoisotopic (exact) mass is 651 g/mol. The summed E-state index contributed by atoms with van der Waals surface area (Å²) >= 11 is 0. The van der Waals surface area contributed by atoms with Crippen molar-refractivity contribution in [2.24, 2.45) is 0 Å². The third kappa shape index (κ3) is 4.69. The van der Waals surface area contributed by atoms with Gasteiger partial charge in [0.05, 0.1) is 0 Å². The second kappa shape index (κ2) is 11.3. The van der Waals surface area contributed by atoms with Gasteiger partial charge in [-0.15, -0.1) is 0 Å². The van der Waals surface area contributed by atoms with E-state index in [0.717, 1.165) is 27.6 Å². The first-order chi connectivity index (χ1) is 25.0. The minimum absolute atomic E-state index is 0.0608. The quantitative estimate of drug-likeness (QED) is 0.178. The first kappa shape index (κ1) is 29.5. The van der Waals surface area contributed by atoms with Crippen molar-refractivity contribution in [3.05, 3.63) is 175 Å². The molecule has 51 heavy (non-hydrogen) atoms. The Labute approximate surface area is 297 Å². The highest BCUT2D eigenvalue weighted by molar-refractivity contribution is 6.25. The molecule has 0 amide bonds. The Morgan fingerprint density at radius 2 is 0.863 bits per heavy atom. The molecule has 1 aliphatic carbocycles. The van der Waals surface area contributed by atoms with Gasteiger partial charge in [-0.2, -0.15) is 0 Å². The Balaban J connectivity index is 1.16. The highest BCUT2D eigenvalue weighted by Crippen LogP contribution is 2.52. The molecule has 1 heterocycles. The fourth-order valence-electron chi connectivity index (χ4n) is 8.09. The van der Waals surface area contributed by atoms with Crippen molar-refractivity contribution in [1.82, 2.24) is 15.0 Å². The van der Waals surface area contributed by atoms with Crippen LogP contribution in [0.15, 0.2) is 164 Å². The van der Waals surface area contributed by atoms with E-state index in [-0.39, 0.29) is 5.41 Å². The minimum atomic E-state index is -0.0608. The van der Waals surface area contributed by atoms with Gasteiger partial charge >= 0.3 is 0 Å². The summed E-state index contributed by atoms with van der Waals surface area (Å²) in [5.41, 5.74) is 10.6. The normalized spacial score (nSPS) is 13.1. The predicted molar refractivity (Wildman–Crippen MR) is 212 cm³/mol. The van der Waals surface area contributed by atoms with Crippen LogP contribution >= 0.6 is 0 Å². The van der Waals surface area contributed by atoms with Gasteiger partial charge in [-0.1, -0.05) is 172 Å². The van der Waals surface area contributed by atoms with Crippen molar-refractivity contribution in [2.75, 3.05) is 0 Å². The van der Waals surface area contributed by atoms with Crippen molar-refractivity contribution in [2.45, 2.75) is 19.3 Å². The van der Waals surface area contributed by atoms with Gasteiger partial charge in [-0.3, -0.25) is 0 Å². The number of aromatic nitrogens is 3. The van der Waals surface area contributed by atoms with Gasteiger partial charge < -0.3 is 0 Å². The molecule has 240 valence electrons. The van der Waals surface area contributed by atoms with Crippen LogP contribution in [0.4, 0.5) is 0 Å². The van der Waals surface area contributed by atoms with Gasteiger partial charge in [0.15, 0.2) is 17.5 Å². The number of rotatable bonds is 4. The average Bonchev–Trinajstić information content (AvgIpc) is 3.44. The second-order valence-electron chi connectivity index (χ2n) is 14.0. The molecule has 0 saturated heterocycles. The molecule has 0 spiro atoms. The molecule has 0 radical (unpaired) electrons. The van der Waals surface area contributed by atoms with Crippen molar-refractivity contribution < 1.29 is 0 Å². The summed E-state index contributed by atoms with van der Waals surface area (Å²) in [6.07, 6.45) is 0. The molecule has 0 saturated carbocycles. The first-order valence-electron chi connectivity index (χ1n) is 17.5. The van der Waals surface area contributed by atoms with Crippen LogP contribution in [0, 0.1) is 0 Å². The number of nitrogens with zero attached hydrogens (tertiary/aromatic N) is 3. The Morgan fingerprint density at radius 3 is 1.57 bits per heavy atom. The first-order valence-corrected chi connectivity index (χ1v) is 17.5. The van der Waals surface area contributed by atoms with Gasteiger partial charge in [0, 0.05) is 22.1 Å². The topological polar surface area (TPSA) is 38.7 Å². The van der Waals surface area contributed by atoms with Gasteiger partial charge in [-0.05, 0) is 71.8 Å². The maximum absolute atomic E-state index is 5.09. The molecule has 0 bridgehead atoms. The van der Waals surface area contributed by atoms with Crippen LogP contribution in [0.2, 0.25) is 0 Å². The van der Waals surface area contributed by atoms with E-state index in [2.05, 4.69) is 153 Å². The fourth-order valence-corrected chi connectivity index (χ4v) is 8.09. The highest BCUT2D eigenvalue weighted by atomic mass is 15.0. The van der Waals surface area contributed by atoms with Crippen LogP contribution in [-0.4, -0.2) is 15.0 Å². The number of hydrogen-bond acceptors (Lipinski definition) is 3. The van der Waals surface area contributed by atoms with Crippen LogP contribution < -0.4 is 0 Å². The number of benzene rings is 8. The molecule has 0 atom stereocenters. The zero-order chi connectivity index (χ0) is 34.1. The predicted octanol–water partition coefficient (Wildman–Crippen LogP) is 12.3. The minimum Gasteiger partial charge on any atom is -0.208 e. The van der Waals surface area contributed by atoms with Crippen LogP contribution in [0.1, 0.15) is 25.0 Å². The average molecular weight is 652 g/mol. The third-order valence-electron chi connectivity index (χ3n) is 10.7. The van der Waals surface area contributed by atoms with Crippen molar-refractivity contribution in [1.29, 1.82) is 0 Å². The van der Waals surface area contributed by atoms with Crippen LogP contribution in [0.5, 0.6) is 0 Å². The molecule has 0 N–H and O–H groups in total. The van der Waals surface area contributed by atoms with E-state index >= 15 is 0 Å². The summed E-state index contributed by atoms with van der Waals surface area (Å²) in [6, 6.07) is 58.3. The Kier molecular flexibility index (Phi) is 6.53. The lowest BCUT2D eigenvalue weighted by molar-refractivity contribution is 0.661. The molecule has 1 aromatic heterocycles. The van der Waals surface area contributed by atoms with E-state index in [9.17, 15) is 0 Å². The largest absolute Gasteiger partial charge is 0.208 e. The van der Waals surface area contributed by atoms with E-state index < -0.39 is 0 Å². The highest BCUT2D eigenvalue weighted by Gasteiger charge is 2.36. The molecule has 0 aliphatic heterocycles. The van der Waals surface area contributed by atoms with Gasteiger partial charge in [0.1, 0.15) is 0 Å². The molecule has 3 heteroatoms. The molecule has 0 unspecified atom stereocenters. The SMILES string of the molecule is CC1(C)c2ccccc2-c2c1ccc1ccc3ccc4cc(-c5nc(-c6ccccc6)nc(-c6ccc(-c7ccccc7)cc6)n5)ccc4c3c21. The molecule has 10 rings (SSSR count). The standard InChI is InChI=1S/C48H33N3/c1-48(2)40-16-10-9-15-39(40)44-41(48)28-26-33-20-19-32-21-24-36-29-37(25-27-38(36)42(32)43(33)44)47-50-45(34-13-7-4-8-14-34)49-46(51-47)35-22-17-31(18-23-35)30-11-5-3-6-12-30/h3-29H,1-2H3. The Morgan fingerprint density at radius 1 is 0.373 bits per heavy atom. The summed E-state index contributed by atoms with van der Waals surface area (Å²) in [7, 11) is 0. The lowest BCUT2D eigenvalue weighted by atomic mass is 9.81. The van der Waals surface area contributed by atoms with Crippen LogP contribution in [0.25, 0.3) is 88.7 Å². The summed E-state index contributed by atoms with van der Waals surface area (Å²) in [5, 5.41) is 7.51. The Bertz CT molecular complexity index is 2800. The molecule has 9 aromatic rings. The van der Waals surface area contributed by atoms with E-state index in [1.807, 2.05) is 24.3 Å². The second-order valence-corrected chi connectivity index (χ2v) is 14.0. The lowest BCUT2D eigenvalue weighted by Crippen LogP contribution is -2.14. The summed E-state index contributed by atoms with van der Waals surface area (Å²) in [5.74, 6) is 1.96. The third-order valence-corrected chi connectivity index (χ3v) is 10.7. The molecule has 3 nitrogen and oxygen atoms in total. The van der Waals surface area contributed by atoms with Crippen molar-refractivity contribution >= 4 is 32.3 Å². The van der Waals surface area contributed by atoms with Gasteiger partial charge in [0.2, 0.25) is 0 Å². The number of hydrogen-bond donors (Lipinski definition) is 0. The van der Waals surface area contributed by atoms with Gasteiger partial charge in [0.25, 0.3) is 0 Å². The maximum atomic E-state index is 5.09. The van der Waals surface area contributed by atoms with Crippen LogP contribution in [0.3, 0.4) is 0 Å². The fraction of sp³-hybridized carbons (Fsp3) is 0.0625. The summed E-state index contributed by atoms with van der Waals surface area (Å²) in [6.45, 7) is 4.70. The zero-order valence-electron chi connectivity index (χ0n) is 28.4. The summed E-state index contributed by atoms with van der Waals surface area (Å²) in [4.78, 5) is 15.1. The van der Waals surface area contributed by atoms with E-state index in [1.165, 1.54) is 54.7 Å². The summed E-state index contributed by atoms with van der Waals surface area (Å²) < 4.78 is 0. The molecular weight excluding hydrogens is 619 g/mol. The van der Waals surface area contributed by atoms with Crippen molar-refractivity contribution in [3.8, 4) is 56.4 Å². The lowest BCUT2D eigenvalue weighted by Gasteiger charge is -2.21.